The summed E-state index contributed by atoms with van der Waals surface area (Å²) >= 11 is 0. The van der Waals surface area contributed by atoms with Gasteiger partial charge in [0.15, 0.2) is 0 Å². The van der Waals surface area contributed by atoms with Crippen molar-refractivity contribution in [2.24, 2.45) is 0 Å². The van der Waals surface area contributed by atoms with E-state index in [-0.39, 0.29) is 11.9 Å². The van der Waals surface area contributed by atoms with Gasteiger partial charge in [-0.15, -0.1) is 0 Å². The molecule has 0 spiro atoms. The Morgan fingerprint density at radius 2 is 2.15 bits per heavy atom. The van der Waals surface area contributed by atoms with Crippen molar-refractivity contribution in [1.82, 2.24) is 0 Å². The normalized spacial score (nSPS) is 20.2. The zero-order chi connectivity index (χ0) is 9.42. The number of rotatable bonds is 0. The van der Waals surface area contributed by atoms with Crippen LogP contribution in [-0.4, -0.2) is 11.9 Å². The third-order valence-corrected chi connectivity index (χ3v) is 2.29. The minimum absolute atomic E-state index is 0.0294. The molecule has 0 radical (unpaired) electrons. The third kappa shape index (κ3) is 1.26. The molecule has 0 unspecified atom stereocenters. The van der Waals surface area contributed by atoms with Crippen molar-refractivity contribution in [2.75, 3.05) is 10.6 Å². The maximum Gasteiger partial charge on any atom is 0.246 e. The van der Waals surface area contributed by atoms with Crippen LogP contribution in [0.2, 0.25) is 0 Å². The molecule has 1 aromatic rings. The number of hydrogen-bond donors (Lipinski definition) is 2. The summed E-state index contributed by atoms with van der Waals surface area (Å²) in [6.45, 7) is 3.83. The molecular weight excluding hydrogens is 164 g/mol. The van der Waals surface area contributed by atoms with Crippen molar-refractivity contribution in [3.05, 3.63) is 23.8 Å². The van der Waals surface area contributed by atoms with E-state index in [0.717, 1.165) is 16.9 Å². The summed E-state index contributed by atoms with van der Waals surface area (Å²) in [7, 11) is 0. The van der Waals surface area contributed by atoms with Gasteiger partial charge in [-0.05, 0) is 25.5 Å². The summed E-state index contributed by atoms with van der Waals surface area (Å²) < 4.78 is 0. The van der Waals surface area contributed by atoms with Gasteiger partial charge in [-0.25, -0.2) is 0 Å². The Labute approximate surface area is 77.1 Å². The number of nitrogens with one attached hydrogen (secondary N) is 2. The first-order valence-electron chi connectivity index (χ1n) is 4.35. The number of aryl methyl sites for hydroxylation is 1. The van der Waals surface area contributed by atoms with Gasteiger partial charge >= 0.3 is 0 Å². The van der Waals surface area contributed by atoms with E-state index in [1.807, 2.05) is 32.0 Å². The largest absolute Gasteiger partial charge is 0.372 e. The van der Waals surface area contributed by atoms with Crippen LogP contribution in [0.1, 0.15) is 12.5 Å². The lowest BCUT2D eigenvalue weighted by Gasteiger charge is -2.25. The van der Waals surface area contributed by atoms with Crippen LogP contribution in [0.4, 0.5) is 11.4 Å². The number of amides is 1. The predicted molar refractivity (Wildman–Crippen MR) is 52.9 cm³/mol. The first kappa shape index (κ1) is 8.10. The Morgan fingerprint density at radius 1 is 1.38 bits per heavy atom. The zero-order valence-electron chi connectivity index (χ0n) is 7.72. The van der Waals surface area contributed by atoms with Gasteiger partial charge in [0, 0.05) is 0 Å². The van der Waals surface area contributed by atoms with E-state index < -0.39 is 0 Å². The maximum atomic E-state index is 11.3. The van der Waals surface area contributed by atoms with Gasteiger partial charge in [0.05, 0.1) is 11.4 Å². The lowest BCUT2D eigenvalue weighted by atomic mass is 10.1. The molecule has 2 N–H and O–H groups in total. The topological polar surface area (TPSA) is 41.1 Å². The molecule has 68 valence electrons. The summed E-state index contributed by atoms with van der Waals surface area (Å²) in [5.41, 5.74) is 3.00. The van der Waals surface area contributed by atoms with E-state index in [1.165, 1.54) is 0 Å². The molecule has 2 rings (SSSR count). The van der Waals surface area contributed by atoms with Crippen LogP contribution in [0.15, 0.2) is 18.2 Å². The molecule has 0 saturated carbocycles. The van der Waals surface area contributed by atoms with E-state index in [2.05, 4.69) is 10.6 Å². The van der Waals surface area contributed by atoms with Crippen molar-refractivity contribution in [1.29, 1.82) is 0 Å². The van der Waals surface area contributed by atoms with Gasteiger partial charge in [0.25, 0.3) is 0 Å². The van der Waals surface area contributed by atoms with Crippen molar-refractivity contribution in [2.45, 2.75) is 19.9 Å². The fourth-order valence-electron chi connectivity index (χ4n) is 1.48. The number of carbonyl (C=O) groups is 1. The molecule has 0 aromatic heterocycles. The van der Waals surface area contributed by atoms with Crippen LogP contribution in [-0.2, 0) is 4.79 Å². The summed E-state index contributed by atoms with van der Waals surface area (Å²) in [6, 6.07) is 5.79. The van der Waals surface area contributed by atoms with Crippen LogP contribution >= 0.6 is 0 Å². The van der Waals surface area contributed by atoms with Gasteiger partial charge in [-0.2, -0.15) is 0 Å². The fourth-order valence-corrected chi connectivity index (χ4v) is 1.48. The number of para-hydroxylation sites is 1. The minimum Gasteiger partial charge on any atom is -0.372 e. The molecule has 3 nitrogen and oxygen atoms in total. The number of carbonyl (C=O) groups excluding carboxylic acids is 1. The Morgan fingerprint density at radius 3 is 2.92 bits per heavy atom. The van der Waals surface area contributed by atoms with E-state index in [4.69, 9.17) is 0 Å². The highest BCUT2D eigenvalue weighted by molar-refractivity contribution is 6.03. The number of anilines is 2. The van der Waals surface area contributed by atoms with Gasteiger partial charge in [-0.1, -0.05) is 12.1 Å². The highest BCUT2D eigenvalue weighted by Gasteiger charge is 2.21. The maximum absolute atomic E-state index is 11.3. The standard InChI is InChI=1S/C10H12N2O/c1-6-4-3-5-8-9(6)12-10(13)7(2)11-8/h3-5,7,11H,1-2H3,(H,12,13)/t7-/m0/s1. The number of benzene rings is 1. The number of hydrogen-bond acceptors (Lipinski definition) is 2. The Bertz CT molecular complexity index is 360. The Kier molecular flexibility index (Phi) is 1.72. The van der Waals surface area contributed by atoms with E-state index in [9.17, 15) is 4.79 Å². The quantitative estimate of drug-likeness (QED) is 0.632. The predicted octanol–water partition coefficient (Wildman–Crippen LogP) is 1.75. The van der Waals surface area contributed by atoms with Crippen molar-refractivity contribution in [3.63, 3.8) is 0 Å². The smallest absolute Gasteiger partial charge is 0.246 e. The Hall–Kier alpha value is -1.51. The van der Waals surface area contributed by atoms with Crippen molar-refractivity contribution < 1.29 is 4.79 Å². The lowest BCUT2D eigenvalue weighted by Crippen LogP contribution is -2.36. The second-order valence-electron chi connectivity index (χ2n) is 3.35. The highest BCUT2D eigenvalue weighted by atomic mass is 16.2. The fraction of sp³-hybridized carbons (Fsp3) is 0.300. The second-order valence-corrected chi connectivity index (χ2v) is 3.35. The highest BCUT2D eigenvalue weighted by Crippen LogP contribution is 2.29. The SMILES string of the molecule is Cc1cccc2c1NC(=O)[C@H](C)N2. The molecule has 1 aliphatic heterocycles. The molecule has 0 saturated heterocycles. The second kappa shape index (κ2) is 2.76. The summed E-state index contributed by atoms with van der Waals surface area (Å²) in [5, 5.41) is 6.01. The molecule has 1 amide bonds. The van der Waals surface area contributed by atoms with Gasteiger partial charge in [0.1, 0.15) is 6.04 Å². The molecule has 13 heavy (non-hydrogen) atoms. The molecular formula is C10H12N2O. The third-order valence-electron chi connectivity index (χ3n) is 2.29. The molecule has 0 fully saturated rings. The van der Waals surface area contributed by atoms with Crippen LogP contribution < -0.4 is 10.6 Å². The van der Waals surface area contributed by atoms with Crippen LogP contribution in [0, 0.1) is 6.92 Å². The van der Waals surface area contributed by atoms with E-state index >= 15 is 0 Å². The van der Waals surface area contributed by atoms with E-state index in [0.29, 0.717) is 0 Å². The summed E-state index contributed by atoms with van der Waals surface area (Å²) in [6.07, 6.45) is 0. The van der Waals surface area contributed by atoms with Gasteiger partial charge < -0.3 is 10.6 Å². The first-order valence-corrected chi connectivity index (χ1v) is 4.35. The van der Waals surface area contributed by atoms with E-state index in [1.54, 1.807) is 0 Å². The Balaban J connectivity index is 2.48. The molecule has 0 aliphatic carbocycles. The molecule has 1 aliphatic rings. The van der Waals surface area contributed by atoms with Gasteiger partial charge in [-0.3, -0.25) is 4.79 Å². The average Bonchev–Trinajstić information content (AvgIpc) is 2.09. The summed E-state index contributed by atoms with van der Waals surface area (Å²) in [5.74, 6) is 0.0294. The molecule has 0 bridgehead atoms. The van der Waals surface area contributed by atoms with Crippen LogP contribution in [0.5, 0.6) is 0 Å². The zero-order valence-corrected chi connectivity index (χ0v) is 7.72. The number of fused-ring (bicyclic) bond motifs is 1. The van der Waals surface area contributed by atoms with Gasteiger partial charge in [0.2, 0.25) is 5.91 Å². The van der Waals surface area contributed by atoms with Crippen LogP contribution in [0.3, 0.4) is 0 Å². The van der Waals surface area contributed by atoms with Crippen molar-refractivity contribution in [3.8, 4) is 0 Å². The van der Waals surface area contributed by atoms with Crippen molar-refractivity contribution >= 4 is 17.3 Å². The molecule has 3 heteroatoms. The first-order chi connectivity index (χ1) is 6.18. The summed E-state index contributed by atoms with van der Waals surface area (Å²) in [4.78, 5) is 11.3. The minimum atomic E-state index is -0.144. The average molecular weight is 176 g/mol. The molecule has 1 heterocycles. The monoisotopic (exact) mass is 176 g/mol. The molecule has 1 atom stereocenters. The molecule has 1 aromatic carbocycles. The van der Waals surface area contributed by atoms with Crippen LogP contribution in [0.25, 0.3) is 0 Å². The lowest BCUT2D eigenvalue weighted by molar-refractivity contribution is -0.116.